The van der Waals surface area contributed by atoms with E-state index in [1.54, 1.807) is 0 Å². The normalized spacial score (nSPS) is 21.0. The Morgan fingerprint density at radius 1 is 1.22 bits per heavy atom. The Morgan fingerprint density at radius 3 is 1.78 bits per heavy atom. The zero-order valence-electron chi connectivity index (χ0n) is 4.94. The Morgan fingerprint density at radius 2 is 1.67 bits per heavy atom. The molecule has 5 heteroatoms. The third-order valence-electron chi connectivity index (χ3n) is 0.986. The number of rotatable bonds is 3. The van der Waals surface area contributed by atoms with Crippen molar-refractivity contribution in [3.05, 3.63) is 0 Å². The van der Waals surface area contributed by atoms with Gasteiger partial charge in [0.15, 0.2) is 0 Å². The first-order valence-electron chi connectivity index (χ1n) is 2.59. The number of aliphatic hydroxyl groups excluding tert-OH is 3. The van der Waals surface area contributed by atoms with Crippen molar-refractivity contribution in [1.29, 1.82) is 0 Å². The summed E-state index contributed by atoms with van der Waals surface area (Å²) in [5.74, 6) is 0. The molecule has 0 saturated heterocycles. The van der Waals surface area contributed by atoms with Gasteiger partial charge in [-0.2, -0.15) is 0 Å². The van der Waals surface area contributed by atoms with Crippen LogP contribution in [0.2, 0.25) is 0 Å². The van der Waals surface area contributed by atoms with Gasteiger partial charge in [-0.25, -0.2) is 0 Å². The second-order valence-electron chi connectivity index (χ2n) is 1.78. The lowest BCUT2D eigenvalue weighted by molar-refractivity contribution is -0.0522. The predicted molar refractivity (Wildman–Crippen MR) is 31.3 cm³/mol. The van der Waals surface area contributed by atoms with Gasteiger partial charge < -0.3 is 26.8 Å². The van der Waals surface area contributed by atoms with Gasteiger partial charge in [0, 0.05) is 6.54 Å². The molecular formula is C4H12N2O3. The van der Waals surface area contributed by atoms with E-state index in [1.807, 2.05) is 0 Å². The van der Waals surface area contributed by atoms with E-state index in [2.05, 4.69) is 0 Å². The minimum absolute atomic E-state index is 0.116. The van der Waals surface area contributed by atoms with Gasteiger partial charge in [0.1, 0.15) is 12.3 Å². The number of aliphatic hydroxyl groups is 3. The molecule has 0 radical (unpaired) electrons. The average molecular weight is 136 g/mol. The average Bonchev–Trinajstić information content (AvgIpc) is 1.84. The third kappa shape index (κ3) is 2.73. The summed E-state index contributed by atoms with van der Waals surface area (Å²) in [6.07, 6.45) is -3.93. The van der Waals surface area contributed by atoms with Crippen molar-refractivity contribution in [3.8, 4) is 0 Å². The van der Waals surface area contributed by atoms with E-state index >= 15 is 0 Å². The topological polar surface area (TPSA) is 113 Å². The van der Waals surface area contributed by atoms with Crippen LogP contribution >= 0.6 is 0 Å². The fourth-order valence-electron chi connectivity index (χ4n) is 0.367. The first-order chi connectivity index (χ1) is 4.09. The van der Waals surface area contributed by atoms with Crippen molar-refractivity contribution < 1.29 is 15.3 Å². The number of hydrogen-bond donors (Lipinski definition) is 5. The minimum Gasteiger partial charge on any atom is -0.389 e. The van der Waals surface area contributed by atoms with Gasteiger partial charge >= 0.3 is 0 Å². The molecule has 0 aliphatic heterocycles. The molecule has 0 aliphatic rings. The Hall–Kier alpha value is -0.200. The van der Waals surface area contributed by atoms with Crippen molar-refractivity contribution in [2.45, 2.75) is 18.4 Å². The van der Waals surface area contributed by atoms with Crippen LogP contribution in [0.25, 0.3) is 0 Å². The van der Waals surface area contributed by atoms with Gasteiger partial charge in [0.05, 0.1) is 6.10 Å². The molecule has 5 nitrogen and oxygen atoms in total. The largest absolute Gasteiger partial charge is 0.389 e. The SMILES string of the molecule is NCC(O)C(O)C(N)O. The van der Waals surface area contributed by atoms with Crippen molar-refractivity contribution in [2.75, 3.05) is 6.54 Å². The van der Waals surface area contributed by atoms with Crippen LogP contribution in [0.3, 0.4) is 0 Å². The maximum absolute atomic E-state index is 8.69. The molecule has 0 rings (SSSR count). The Kier molecular flexibility index (Phi) is 3.67. The molecule has 0 aliphatic carbocycles. The number of nitrogens with two attached hydrogens (primary N) is 2. The molecule has 0 aromatic carbocycles. The smallest absolute Gasteiger partial charge is 0.131 e. The van der Waals surface area contributed by atoms with E-state index in [-0.39, 0.29) is 6.54 Å². The summed E-state index contributed by atoms with van der Waals surface area (Å²) >= 11 is 0. The molecule has 9 heavy (non-hydrogen) atoms. The lowest BCUT2D eigenvalue weighted by Crippen LogP contribution is -2.45. The highest BCUT2D eigenvalue weighted by Crippen LogP contribution is 1.92. The summed E-state index contributed by atoms with van der Waals surface area (Å²) in [5.41, 5.74) is 9.74. The monoisotopic (exact) mass is 136 g/mol. The van der Waals surface area contributed by atoms with E-state index in [9.17, 15) is 0 Å². The van der Waals surface area contributed by atoms with Crippen LogP contribution in [0.1, 0.15) is 0 Å². The van der Waals surface area contributed by atoms with E-state index in [0.717, 1.165) is 0 Å². The van der Waals surface area contributed by atoms with Gasteiger partial charge in [0.25, 0.3) is 0 Å². The van der Waals surface area contributed by atoms with E-state index in [0.29, 0.717) is 0 Å². The molecule has 0 heterocycles. The van der Waals surface area contributed by atoms with Gasteiger partial charge in [-0.3, -0.25) is 0 Å². The molecule has 3 unspecified atom stereocenters. The van der Waals surface area contributed by atoms with Gasteiger partial charge in [0.2, 0.25) is 0 Å². The molecule has 0 spiro atoms. The second-order valence-corrected chi connectivity index (χ2v) is 1.78. The van der Waals surface area contributed by atoms with E-state index < -0.39 is 18.4 Å². The fourth-order valence-corrected chi connectivity index (χ4v) is 0.367. The lowest BCUT2D eigenvalue weighted by atomic mass is 10.2. The summed E-state index contributed by atoms with van der Waals surface area (Å²) < 4.78 is 0. The molecule has 0 saturated carbocycles. The Labute approximate surface area is 52.9 Å². The van der Waals surface area contributed by atoms with Crippen molar-refractivity contribution >= 4 is 0 Å². The van der Waals surface area contributed by atoms with E-state index in [4.69, 9.17) is 26.8 Å². The molecule has 0 aromatic heterocycles. The zero-order valence-corrected chi connectivity index (χ0v) is 4.94. The molecule has 3 atom stereocenters. The second kappa shape index (κ2) is 3.76. The molecular weight excluding hydrogens is 124 g/mol. The quantitative estimate of drug-likeness (QED) is 0.264. The van der Waals surface area contributed by atoms with Gasteiger partial charge in [-0.05, 0) is 0 Å². The van der Waals surface area contributed by atoms with Crippen molar-refractivity contribution in [3.63, 3.8) is 0 Å². The Bertz CT molecular complexity index is 78.2. The van der Waals surface area contributed by atoms with Gasteiger partial charge in [-0.15, -0.1) is 0 Å². The maximum atomic E-state index is 8.69. The standard InChI is InChI=1S/C4H12N2O3/c5-1-2(7)3(8)4(6)9/h2-4,7-9H,1,5-6H2. The molecule has 0 fully saturated rings. The first-order valence-corrected chi connectivity index (χ1v) is 2.59. The Balaban J connectivity index is 3.58. The maximum Gasteiger partial charge on any atom is 0.131 e. The van der Waals surface area contributed by atoms with Crippen LogP contribution in [0.5, 0.6) is 0 Å². The summed E-state index contributed by atoms with van der Waals surface area (Å²) in [6, 6.07) is 0. The van der Waals surface area contributed by atoms with Crippen LogP contribution in [0.4, 0.5) is 0 Å². The van der Waals surface area contributed by atoms with Crippen molar-refractivity contribution in [1.82, 2.24) is 0 Å². The minimum atomic E-state index is -1.43. The van der Waals surface area contributed by atoms with Crippen LogP contribution in [-0.2, 0) is 0 Å². The first kappa shape index (κ1) is 8.80. The molecule has 56 valence electrons. The lowest BCUT2D eigenvalue weighted by Gasteiger charge is -2.17. The fraction of sp³-hybridized carbons (Fsp3) is 1.00. The molecule has 7 N–H and O–H groups in total. The molecule has 0 amide bonds. The zero-order chi connectivity index (χ0) is 7.44. The van der Waals surface area contributed by atoms with Gasteiger partial charge in [-0.1, -0.05) is 0 Å². The van der Waals surface area contributed by atoms with E-state index in [1.165, 1.54) is 0 Å². The van der Waals surface area contributed by atoms with Crippen LogP contribution < -0.4 is 11.5 Å². The highest BCUT2D eigenvalue weighted by atomic mass is 16.4. The van der Waals surface area contributed by atoms with Crippen LogP contribution in [0.15, 0.2) is 0 Å². The highest BCUT2D eigenvalue weighted by molar-refractivity contribution is 4.70. The van der Waals surface area contributed by atoms with Crippen LogP contribution in [-0.4, -0.2) is 40.3 Å². The third-order valence-corrected chi connectivity index (χ3v) is 0.986. The summed E-state index contributed by atoms with van der Waals surface area (Å²) in [6.45, 7) is -0.116. The summed E-state index contributed by atoms with van der Waals surface area (Å²) in [7, 11) is 0. The molecule has 0 aromatic rings. The van der Waals surface area contributed by atoms with Crippen molar-refractivity contribution in [2.24, 2.45) is 11.5 Å². The number of hydrogen-bond acceptors (Lipinski definition) is 5. The summed E-state index contributed by atoms with van der Waals surface area (Å²) in [5, 5.41) is 25.8. The summed E-state index contributed by atoms with van der Waals surface area (Å²) in [4.78, 5) is 0. The van der Waals surface area contributed by atoms with Crippen LogP contribution in [0, 0.1) is 0 Å². The predicted octanol–water partition coefficient (Wildman–Crippen LogP) is -3.06. The molecule has 0 bridgehead atoms. The highest BCUT2D eigenvalue weighted by Gasteiger charge is 2.19.